The molecule has 1 saturated heterocycles. The lowest BCUT2D eigenvalue weighted by atomic mass is 9.92. The van der Waals surface area contributed by atoms with Gasteiger partial charge in [0.25, 0.3) is 5.91 Å². The summed E-state index contributed by atoms with van der Waals surface area (Å²) in [5.41, 5.74) is -0.603. The molecule has 6 nitrogen and oxygen atoms in total. The minimum atomic E-state index is -4.62. The third kappa shape index (κ3) is 4.90. The number of alkyl halides is 4. The maximum Gasteiger partial charge on any atom is 0.416 e. The number of carbonyl (C=O) groups excluding carboxylic acids is 1. The standard InChI is InChI=1S/C22H27F4N3O3/c1-21(2,3)18-11-19(29(28(18)4)12-17-15(23)8-9-32-17)27-20(30)14-10-13(22(24,25)26)6-7-16(14)31-5/h6-7,10-11,15,17H,8-9,12H2,1-5H3/b27-19+/t15-,17-/m1/s1. The summed E-state index contributed by atoms with van der Waals surface area (Å²) in [6.07, 6.45) is -6.19. The van der Waals surface area contributed by atoms with Gasteiger partial charge in [-0.3, -0.25) is 14.2 Å². The molecule has 2 aromatic rings. The molecule has 32 heavy (non-hydrogen) atoms. The van der Waals surface area contributed by atoms with E-state index in [1.54, 1.807) is 22.5 Å². The first-order chi connectivity index (χ1) is 14.8. The molecule has 1 aromatic heterocycles. The topological polar surface area (TPSA) is 57.8 Å². The number of methoxy groups -OCH3 is 1. The van der Waals surface area contributed by atoms with Gasteiger partial charge in [-0.2, -0.15) is 18.2 Å². The molecule has 176 valence electrons. The Balaban J connectivity index is 2.12. The molecule has 3 rings (SSSR count). The zero-order chi connectivity index (χ0) is 23.8. The second-order valence-corrected chi connectivity index (χ2v) is 8.79. The first kappa shape index (κ1) is 24.0. The maximum absolute atomic E-state index is 14.2. The smallest absolute Gasteiger partial charge is 0.416 e. The highest BCUT2D eigenvalue weighted by Gasteiger charge is 2.33. The van der Waals surface area contributed by atoms with E-state index in [0.717, 1.165) is 23.9 Å². The van der Waals surface area contributed by atoms with Gasteiger partial charge in [0.1, 0.15) is 18.0 Å². The lowest BCUT2D eigenvalue weighted by molar-refractivity contribution is -0.137. The number of nitrogens with zero attached hydrogens (tertiary/aromatic N) is 3. The van der Waals surface area contributed by atoms with Gasteiger partial charge in [-0.15, -0.1) is 0 Å². The summed E-state index contributed by atoms with van der Waals surface area (Å²) >= 11 is 0. The molecule has 0 radical (unpaired) electrons. The van der Waals surface area contributed by atoms with Gasteiger partial charge in [0, 0.05) is 30.6 Å². The Morgan fingerprint density at radius 3 is 2.47 bits per heavy atom. The van der Waals surface area contributed by atoms with Crippen LogP contribution in [-0.2, 0) is 29.9 Å². The Hall–Kier alpha value is -2.62. The van der Waals surface area contributed by atoms with Crippen molar-refractivity contribution >= 4 is 5.91 Å². The molecule has 0 spiro atoms. The lowest BCUT2D eigenvalue weighted by Crippen LogP contribution is -2.33. The number of carbonyl (C=O) groups is 1. The molecule has 1 fully saturated rings. The number of rotatable bonds is 4. The first-order valence-corrected chi connectivity index (χ1v) is 10.2. The summed E-state index contributed by atoms with van der Waals surface area (Å²) in [7, 11) is 3.02. The molecule has 0 N–H and O–H groups in total. The number of aromatic nitrogens is 2. The molecule has 0 saturated carbocycles. The molecule has 1 aliphatic heterocycles. The van der Waals surface area contributed by atoms with Gasteiger partial charge in [-0.1, -0.05) is 20.8 Å². The largest absolute Gasteiger partial charge is 0.496 e. The molecule has 2 heterocycles. The SMILES string of the molecule is COc1ccc(C(F)(F)F)cc1C(=O)/N=c1\cc(C(C)(C)C)n(C)n1C[C@H]1OCC[C@H]1F. The highest BCUT2D eigenvalue weighted by Crippen LogP contribution is 2.33. The van der Waals surface area contributed by atoms with E-state index in [1.807, 2.05) is 20.8 Å². The van der Waals surface area contributed by atoms with Crippen LogP contribution in [0.3, 0.4) is 0 Å². The summed E-state index contributed by atoms with van der Waals surface area (Å²) in [6.45, 7) is 6.32. The van der Waals surface area contributed by atoms with E-state index in [-0.39, 0.29) is 35.2 Å². The number of hydrogen-bond donors (Lipinski definition) is 0. The van der Waals surface area contributed by atoms with Gasteiger partial charge < -0.3 is 9.47 Å². The fourth-order valence-corrected chi connectivity index (χ4v) is 3.76. The van der Waals surface area contributed by atoms with Gasteiger partial charge in [-0.25, -0.2) is 4.39 Å². The first-order valence-electron chi connectivity index (χ1n) is 10.2. The second kappa shape index (κ2) is 8.73. The summed E-state index contributed by atoms with van der Waals surface area (Å²) in [6, 6.07) is 4.33. The molecular weight excluding hydrogens is 430 g/mol. The average molecular weight is 457 g/mol. The number of ether oxygens (including phenoxy) is 2. The predicted octanol–water partition coefficient (Wildman–Crippen LogP) is 4.02. The molecular formula is C22H27F4N3O3. The van der Waals surface area contributed by atoms with Crippen molar-refractivity contribution in [1.29, 1.82) is 0 Å². The molecule has 0 unspecified atom stereocenters. The monoisotopic (exact) mass is 457 g/mol. The molecule has 1 aromatic carbocycles. The third-order valence-corrected chi connectivity index (χ3v) is 5.46. The van der Waals surface area contributed by atoms with Crippen LogP contribution in [0.25, 0.3) is 0 Å². The van der Waals surface area contributed by atoms with Crippen molar-refractivity contribution in [3.8, 4) is 5.75 Å². The molecule has 0 aliphatic carbocycles. The minimum absolute atomic E-state index is 0.0202. The summed E-state index contributed by atoms with van der Waals surface area (Å²) in [5, 5.41) is 0. The molecule has 2 atom stereocenters. The number of amides is 1. The fraction of sp³-hybridized carbons (Fsp3) is 0.545. The van der Waals surface area contributed by atoms with Crippen LogP contribution in [-0.4, -0.2) is 41.3 Å². The molecule has 10 heteroatoms. The summed E-state index contributed by atoms with van der Waals surface area (Å²) < 4.78 is 67.6. The van der Waals surface area contributed by atoms with Crippen molar-refractivity contribution in [1.82, 2.24) is 9.36 Å². The zero-order valence-corrected chi connectivity index (χ0v) is 18.7. The Morgan fingerprint density at radius 1 is 1.25 bits per heavy atom. The summed E-state index contributed by atoms with van der Waals surface area (Å²) in [4.78, 5) is 17.1. The number of hydrogen-bond acceptors (Lipinski definition) is 3. The van der Waals surface area contributed by atoms with Crippen molar-refractivity contribution in [2.75, 3.05) is 13.7 Å². The van der Waals surface area contributed by atoms with E-state index >= 15 is 0 Å². The fourth-order valence-electron chi connectivity index (χ4n) is 3.76. The van der Waals surface area contributed by atoms with Gasteiger partial charge in [-0.05, 0) is 18.2 Å². The van der Waals surface area contributed by atoms with E-state index in [0.29, 0.717) is 6.61 Å². The van der Waals surface area contributed by atoms with Crippen molar-refractivity contribution in [2.45, 2.75) is 57.6 Å². The highest BCUT2D eigenvalue weighted by atomic mass is 19.4. The lowest BCUT2D eigenvalue weighted by Gasteiger charge is -2.22. The normalized spacial score (nSPS) is 20.1. The van der Waals surface area contributed by atoms with Crippen LogP contribution in [0, 0.1) is 0 Å². The molecule has 1 aliphatic rings. The number of halogens is 4. The molecule has 1 amide bonds. The average Bonchev–Trinajstić information content (AvgIpc) is 3.24. The van der Waals surface area contributed by atoms with Gasteiger partial charge >= 0.3 is 6.18 Å². The third-order valence-electron chi connectivity index (χ3n) is 5.46. The van der Waals surface area contributed by atoms with Gasteiger partial charge in [0.2, 0.25) is 0 Å². The van der Waals surface area contributed by atoms with Crippen LogP contribution in [0.4, 0.5) is 17.6 Å². The van der Waals surface area contributed by atoms with Crippen LogP contribution < -0.4 is 10.2 Å². The van der Waals surface area contributed by atoms with Crippen LogP contribution in [0.2, 0.25) is 0 Å². The zero-order valence-electron chi connectivity index (χ0n) is 18.7. The van der Waals surface area contributed by atoms with E-state index in [4.69, 9.17) is 9.47 Å². The van der Waals surface area contributed by atoms with Crippen molar-refractivity contribution in [3.05, 3.63) is 46.6 Å². The van der Waals surface area contributed by atoms with Crippen LogP contribution in [0.1, 0.15) is 48.8 Å². The van der Waals surface area contributed by atoms with E-state index in [1.165, 1.54) is 7.11 Å². The quantitative estimate of drug-likeness (QED) is 0.652. The van der Waals surface area contributed by atoms with E-state index < -0.39 is 29.9 Å². The highest BCUT2D eigenvalue weighted by molar-refractivity contribution is 5.97. The summed E-state index contributed by atoms with van der Waals surface area (Å²) in [5.74, 6) is -0.912. The minimum Gasteiger partial charge on any atom is -0.496 e. The Kier molecular flexibility index (Phi) is 6.55. The number of benzene rings is 1. The predicted molar refractivity (Wildman–Crippen MR) is 109 cm³/mol. The van der Waals surface area contributed by atoms with Crippen molar-refractivity contribution < 1.29 is 31.8 Å². The van der Waals surface area contributed by atoms with Gasteiger partial charge in [0.15, 0.2) is 5.49 Å². The van der Waals surface area contributed by atoms with Crippen LogP contribution in [0.15, 0.2) is 29.3 Å². The van der Waals surface area contributed by atoms with Crippen LogP contribution >= 0.6 is 0 Å². The Morgan fingerprint density at radius 2 is 1.94 bits per heavy atom. The van der Waals surface area contributed by atoms with Gasteiger partial charge in [0.05, 0.1) is 31.4 Å². The maximum atomic E-state index is 14.2. The van der Waals surface area contributed by atoms with Crippen LogP contribution in [0.5, 0.6) is 5.75 Å². The molecule has 0 bridgehead atoms. The second-order valence-electron chi connectivity index (χ2n) is 8.79. The van der Waals surface area contributed by atoms with Crippen molar-refractivity contribution in [3.63, 3.8) is 0 Å². The van der Waals surface area contributed by atoms with E-state index in [9.17, 15) is 22.4 Å². The van der Waals surface area contributed by atoms with Crippen molar-refractivity contribution in [2.24, 2.45) is 12.0 Å². The Labute approximate surface area is 183 Å². The Bertz CT molecular complexity index is 1060. The van der Waals surface area contributed by atoms with E-state index in [2.05, 4.69) is 4.99 Å².